The lowest BCUT2D eigenvalue weighted by Gasteiger charge is -2.41. The van der Waals surface area contributed by atoms with Gasteiger partial charge < -0.3 is 49.2 Å². The first-order chi connectivity index (χ1) is 20.4. The number of amides is 2. The summed E-state index contributed by atoms with van der Waals surface area (Å²) in [5.74, 6) is 0.392. The van der Waals surface area contributed by atoms with E-state index in [0.717, 1.165) is 12.0 Å². The van der Waals surface area contributed by atoms with Gasteiger partial charge in [0, 0.05) is 30.8 Å². The zero-order valence-electron chi connectivity index (χ0n) is 23.2. The van der Waals surface area contributed by atoms with E-state index in [1.54, 1.807) is 30.3 Å². The minimum Gasteiger partial charge on any atom is -0.493 e. The van der Waals surface area contributed by atoms with Gasteiger partial charge in [-0.2, -0.15) is 0 Å². The van der Waals surface area contributed by atoms with E-state index < -0.39 is 36.2 Å². The van der Waals surface area contributed by atoms with Gasteiger partial charge in [0.25, 0.3) is 5.91 Å². The van der Waals surface area contributed by atoms with Gasteiger partial charge >= 0.3 is 0 Å². The third kappa shape index (κ3) is 5.04. The van der Waals surface area contributed by atoms with E-state index in [2.05, 4.69) is 5.32 Å². The standard InChI is InChI=1S/C30H34N2O10/c1-38-24-11-17(14-34)9-18-25-19(29(36)31-6-7-33)12-20(26(35)28(25)42-27(18)24)32(30(37)22-3-2-8-39-22)13-16-4-5-21-23(10-16)41-15-40-21/h4-5,9-12,20,22,25-26,28,33-35H,2-3,6-8,13-15H2,1H3,(H,31,36)/t20-,22?,25+,26+,28+/m1/s1. The third-order valence-corrected chi connectivity index (χ3v) is 8.13. The Hall–Kier alpha value is -3.84. The number of methoxy groups -OCH3 is 1. The zero-order chi connectivity index (χ0) is 29.4. The van der Waals surface area contributed by atoms with Crippen molar-refractivity contribution < 1.29 is 48.6 Å². The molecule has 2 aromatic carbocycles. The maximum atomic E-state index is 14.0. The molecule has 0 radical (unpaired) electrons. The van der Waals surface area contributed by atoms with Crippen molar-refractivity contribution >= 4 is 11.8 Å². The number of hydrogen-bond acceptors (Lipinski definition) is 10. The molecule has 12 heteroatoms. The lowest BCUT2D eigenvalue weighted by Crippen LogP contribution is -2.57. The van der Waals surface area contributed by atoms with Crippen molar-refractivity contribution in [3.8, 4) is 23.0 Å². The van der Waals surface area contributed by atoms with E-state index in [9.17, 15) is 24.9 Å². The molecule has 3 aliphatic heterocycles. The van der Waals surface area contributed by atoms with Crippen molar-refractivity contribution in [1.82, 2.24) is 10.2 Å². The molecule has 5 atom stereocenters. The molecule has 12 nitrogen and oxygen atoms in total. The highest BCUT2D eigenvalue weighted by Crippen LogP contribution is 2.51. The molecule has 4 N–H and O–H groups in total. The summed E-state index contributed by atoms with van der Waals surface area (Å²) in [7, 11) is 1.47. The highest BCUT2D eigenvalue weighted by atomic mass is 16.7. The molecule has 0 aromatic heterocycles. The normalized spacial score (nSPS) is 25.2. The lowest BCUT2D eigenvalue weighted by atomic mass is 9.77. The smallest absolute Gasteiger partial charge is 0.252 e. The Labute approximate surface area is 242 Å². The van der Waals surface area contributed by atoms with Crippen LogP contribution < -0.4 is 24.3 Å². The number of aliphatic hydroxyl groups excluding tert-OH is 3. The molecule has 2 aromatic rings. The van der Waals surface area contributed by atoms with Crippen molar-refractivity contribution in [3.63, 3.8) is 0 Å². The van der Waals surface area contributed by atoms with E-state index in [1.165, 1.54) is 12.0 Å². The lowest BCUT2D eigenvalue weighted by molar-refractivity contribution is -0.147. The Morgan fingerprint density at radius 3 is 2.69 bits per heavy atom. The van der Waals surface area contributed by atoms with E-state index in [-0.39, 0.29) is 44.6 Å². The van der Waals surface area contributed by atoms with Crippen LogP contribution in [-0.4, -0.2) is 90.0 Å². The molecule has 224 valence electrons. The van der Waals surface area contributed by atoms with Crippen LogP contribution in [0.15, 0.2) is 42.0 Å². The maximum Gasteiger partial charge on any atom is 0.252 e. The van der Waals surface area contributed by atoms with Gasteiger partial charge in [0.05, 0.1) is 32.3 Å². The molecule has 0 bridgehead atoms. The molecule has 2 amide bonds. The minimum atomic E-state index is -1.24. The topological polar surface area (TPSA) is 156 Å². The van der Waals surface area contributed by atoms with Gasteiger partial charge in [0.1, 0.15) is 18.3 Å². The molecule has 1 aliphatic carbocycles. The fourth-order valence-corrected chi connectivity index (χ4v) is 6.14. The Morgan fingerprint density at radius 2 is 1.95 bits per heavy atom. The molecule has 1 saturated heterocycles. The van der Waals surface area contributed by atoms with Crippen LogP contribution in [-0.2, 0) is 27.5 Å². The number of carbonyl (C=O) groups is 2. The molecule has 1 unspecified atom stereocenters. The molecule has 1 fully saturated rings. The summed E-state index contributed by atoms with van der Waals surface area (Å²) in [5, 5.41) is 33.8. The number of nitrogens with zero attached hydrogens (tertiary/aromatic N) is 1. The van der Waals surface area contributed by atoms with Crippen LogP contribution in [0.3, 0.4) is 0 Å². The van der Waals surface area contributed by atoms with E-state index >= 15 is 0 Å². The van der Waals surface area contributed by atoms with Gasteiger partial charge in [-0.15, -0.1) is 0 Å². The quantitative estimate of drug-likeness (QED) is 0.333. The SMILES string of the molecule is COc1cc(CO)cc2c1O[C@@H]1[C@@H](O)[C@H](N(Cc3ccc4c(c3)OCO4)C(=O)C3CCCO3)C=C(C(=O)NCCO)[C@H]21. The fourth-order valence-electron chi connectivity index (χ4n) is 6.14. The van der Waals surface area contributed by atoms with Gasteiger partial charge in [-0.1, -0.05) is 6.07 Å². The number of carbonyl (C=O) groups excluding carboxylic acids is 2. The van der Waals surface area contributed by atoms with Crippen LogP contribution in [0.4, 0.5) is 0 Å². The van der Waals surface area contributed by atoms with Crippen LogP contribution in [0, 0.1) is 0 Å². The van der Waals surface area contributed by atoms with Gasteiger partial charge in [0.15, 0.2) is 23.0 Å². The molecule has 3 heterocycles. The zero-order valence-corrected chi connectivity index (χ0v) is 23.2. The Balaban J connectivity index is 1.42. The molecule has 0 saturated carbocycles. The largest absolute Gasteiger partial charge is 0.493 e. The molecule has 0 spiro atoms. The summed E-state index contributed by atoms with van der Waals surface area (Å²) in [5.41, 5.74) is 2.15. The average Bonchev–Trinajstić information content (AvgIpc) is 3.78. The van der Waals surface area contributed by atoms with Crippen molar-refractivity contribution in [2.75, 3.05) is 33.7 Å². The summed E-state index contributed by atoms with van der Waals surface area (Å²) >= 11 is 0. The Morgan fingerprint density at radius 1 is 1.12 bits per heavy atom. The highest BCUT2D eigenvalue weighted by molar-refractivity contribution is 5.96. The number of fused-ring (bicyclic) bond motifs is 4. The van der Waals surface area contributed by atoms with E-state index in [1.807, 2.05) is 6.07 Å². The number of benzene rings is 2. The van der Waals surface area contributed by atoms with Gasteiger partial charge in [-0.05, 0) is 54.3 Å². The average molecular weight is 583 g/mol. The maximum absolute atomic E-state index is 14.0. The summed E-state index contributed by atoms with van der Waals surface area (Å²) in [4.78, 5) is 29.0. The molecular formula is C30H34N2O10. The molecule has 6 rings (SSSR count). The number of nitrogens with one attached hydrogen (secondary N) is 1. The fraction of sp³-hybridized carbons (Fsp3) is 0.467. The first-order valence-corrected chi connectivity index (χ1v) is 14.0. The molecule has 42 heavy (non-hydrogen) atoms. The Bertz CT molecular complexity index is 1390. The van der Waals surface area contributed by atoms with Crippen LogP contribution in [0.25, 0.3) is 0 Å². The van der Waals surface area contributed by atoms with Crippen molar-refractivity contribution in [2.24, 2.45) is 0 Å². The summed E-state index contributed by atoms with van der Waals surface area (Å²) in [6, 6.07) is 7.79. The molecular weight excluding hydrogens is 548 g/mol. The van der Waals surface area contributed by atoms with E-state index in [4.69, 9.17) is 23.7 Å². The number of ether oxygens (including phenoxy) is 5. The predicted octanol–water partition coefficient (Wildman–Crippen LogP) is 0.747. The summed E-state index contributed by atoms with van der Waals surface area (Å²) in [6.45, 7) is 0.160. The minimum absolute atomic E-state index is 0.0181. The van der Waals surface area contributed by atoms with Gasteiger partial charge in [-0.3, -0.25) is 9.59 Å². The van der Waals surface area contributed by atoms with Crippen molar-refractivity contribution in [2.45, 2.75) is 56.3 Å². The number of aliphatic hydroxyl groups is 3. The van der Waals surface area contributed by atoms with Crippen LogP contribution in [0.5, 0.6) is 23.0 Å². The summed E-state index contributed by atoms with van der Waals surface area (Å²) < 4.78 is 28.5. The first kappa shape index (κ1) is 28.3. The third-order valence-electron chi connectivity index (χ3n) is 8.13. The first-order valence-electron chi connectivity index (χ1n) is 14.0. The van der Waals surface area contributed by atoms with Gasteiger partial charge in [-0.25, -0.2) is 0 Å². The van der Waals surface area contributed by atoms with Crippen LogP contribution >= 0.6 is 0 Å². The van der Waals surface area contributed by atoms with Crippen LogP contribution in [0.1, 0.15) is 35.4 Å². The highest BCUT2D eigenvalue weighted by Gasteiger charge is 2.52. The second kappa shape index (κ2) is 11.8. The van der Waals surface area contributed by atoms with Gasteiger partial charge in [0.2, 0.25) is 12.7 Å². The Kier molecular flexibility index (Phi) is 7.95. The van der Waals surface area contributed by atoms with Crippen molar-refractivity contribution in [1.29, 1.82) is 0 Å². The number of hydrogen-bond donors (Lipinski definition) is 4. The predicted molar refractivity (Wildman–Crippen MR) is 146 cm³/mol. The molecule has 4 aliphatic rings. The second-order valence-electron chi connectivity index (χ2n) is 10.7. The van der Waals surface area contributed by atoms with Crippen molar-refractivity contribution in [3.05, 3.63) is 58.7 Å². The number of rotatable bonds is 9. The van der Waals surface area contributed by atoms with Crippen LogP contribution in [0.2, 0.25) is 0 Å². The summed E-state index contributed by atoms with van der Waals surface area (Å²) in [6.07, 6.45) is 0.0275. The van der Waals surface area contributed by atoms with E-state index in [0.29, 0.717) is 47.2 Å². The second-order valence-corrected chi connectivity index (χ2v) is 10.7. The monoisotopic (exact) mass is 582 g/mol.